The number of halogens is 3. The van der Waals surface area contributed by atoms with Crippen LogP contribution in [0.4, 0.5) is 4.39 Å². The van der Waals surface area contributed by atoms with Crippen LogP contribution in [0.15, 0.2) is 18.2 Å². The number of rotatable bonds is 2. The minimum atomic E-state index is -0.267. The standard InChI is InChI=1S/C12H16ClFN2.ClH/c13-10-5-9(6-11(14)7-10)8-16-3-1-12(15)2-4-16;/h5-7,12H,1-4,8,15H2;1H. The van der Waals surface area contributed by atoms with E-state index in [4.69, 9.17) is 17.3 Å². The van der Waals surface area contributed by atoms with E-state index < -0.39 is 0 Å². The minimum absolute atomic E-state index is 0. The fraction of sp³-hybridized carbons (Fsp3) is 0.500. The number of nitrogens with two attached hydrogens (primary N) is 1. The van der Waals surface area contributed by atoms with Crippen LogP contribution in [0.1, 0.15) is 18.4 Å². The lowest BCUT2D eigenvalue weighted by Crippen LogP contribution is -2.39. The summed E-state index contributed by atoms with van der Waals surface area (Å²) < 4.78 is 13.1. The van der Waals surface area contributed by atoms with E-state index in [-0.39, 0.29) is 18.2 Å². The molecular weight excluding hydrogens is 262 g/mol. The fourth-order valence-corrected chi connectivity index (χ4v) is 2.32. The zero-order valence-corrected chi connectivity index (χ0v) is 11.1. The van der Waals surface area contributed by atoms with Crippen LogP contribution in [0.2, 0.25) is 5.02 Å². The topological polar surface area (TPSA) is 29.3 Å². The molecule has 2 rings (SSSR count). The Balaban J connectivity index is 0.00000144. The minimum Gasteiger partial charge on any atom is -0.328 e. The lowest BCUT2D eigenvalue weighted by atomic mass is 10.1. The molecule has 2 nitrogen and oxygen atoms in total. The molecule has 96 valence electrons. The van der Waals surface area contributed by atoms with Gasteiger partial charge in [-0.15, -0.1) is 12.4 Å². The molecule has 1 aliphatic heterocycles. The van der Waals surface area contributed by atoms with Crippen molar-refractivity contribution in [2.45, 2.75) is 25.4 Å². The van der Waals surface area contributed by atoms with Gasteiger partial charge in [-0.2, -0.15) is 0 Å². The van der Waals surface area contributed by atoms with Crippen molar-refractivity contribution in [3.63, 3.8) is 0 Å². The van der Waals surface area contributed by atoms with Crippen molar-refractivity contribution in [3.05, 3.63) is 34.6 Å². The van der Waals surface area contributed by atoms with Crippen molar-refractivity contribution in [2.75, 3.05) is 13.1 Å². The third-order valence-electron chi connectivity index (χ3n) is 2.96. The molecule has 1 fully saturated rings. The van der Waals surface area contributed by atoms with Gasteiger partial charge in [0.15, 0.2) is 0 Å². The van der Waals surface area contributed by atoms with E-state index in [1.54, 1.807) is 6.07 Å². The summed E-state index contributed by atoms with van der Waals surface area (Å²) in [6.45, 7) is 2.72. The first-order valence-corrected chi connectivity index (χ1v) is 5.94. The van der Waals surface area contributed by atoms with Gasteiger partial charge in [0.1, 0.15) is 5.82 Å². The molecule has 0 aliphatic carbocycles. The highest BCUT2D eigenvalue weighted by atomic mass is 35.5. The molecule has 5 heteroatoms. The van der Waals surface area contributed by atoms with E-state index in [9.17, 15) is 4.39 Å². The second-order valence-electron chi connectivity index (χ2n) is 4.39. The Morgan fingerprint density at radius 3 is 2.53 bits per heavy atom. The van der Waals surface area contributed by atoms with Crippen LogP contribution < -0.4 is 5.73 Å². The molecular formula is C12H17Cl2FN2. The van der Waals surface area contributed by atoms with Gasteiger partial charge < -0.3 is 5.73 Å². The number of hydrogen-bond donors (Lipinski definition) is 1. The molecule has 1 aromatic rings. The molecule has 1 aromatic carbocycles. The van der Waals surface area contributed by atoms with Gasteiger partial charge in [-0.1, -0.05) is 11.6 Å². The molecule has 0 spiro atoms. The molecule has 0 radical (unpaired) electrons. The Morgan fingerprint density at radius 1 is 1.29 bits per heavy atom. The smallest absolute Gasteiger partial charge is 0.125 e. The summed E-state index contributed by atoms with van der Waals surface area (Å²) in [7, 11) is 0. The molecule has 0 bridgehead atoms. The van der Waals surface area contributed by atoms with Crippen molar-refractivity contribution in [3.8, 4) is 0 Å². The fourth-order valence-electron chi connectivity index (χ4n) is 2.07. The van der Waals surface area contributed by atoms with Gasteiger partial charge in [0.2, 0.25) is 0 Å². The van der Waals surface area contributed by atoms with Crippen LogP contribution >= 0.6 is 24.0 Å². The highest BCUT2D eigenvalue weighted by Crippen LogP contribution is 2.17. The zero-order valence-electron chi connectivity index (χ0n) is 9.53. The lowest BCUT2D eigenvalue weighted by Gasteiger charge is -2.30. The molecule has 0 unspecified atom stereocenters. The Kier molecular flexibility index (Phi) is 5.67. The highest BCUT2D eigenvalue weighted by Gasteiger charge is 2.16. The average molecular weight is 279 g/mol. The molecule has 0 amide bonds. The van der Waals surface area contributed by atoms with E-state index in [1.807, 2.05) is 6.07 Å². The summed E-state index contributed by atoms with van der Waals surface area (Å²) in [4.78, 5) is 2.29. The van der Waals surface area contributed by atoms with Gasteiger partial charge in [0.25, 0.3) is 0 Å². The predicted molar refractivity (Wildman–Crippen MR) is 71.1 cm³/mol. The van der Waals surface area contributed by atoms with Crippen LogP contribution in [0.3, 0.4) is 0 Å². The van der Waals surface area contributed by atoms with Crippen molar-refractivity contribution in [2.24, 2.45) is 5.73 Å². The lowest BCUT2D eigenvalue weighted by molar-refractivity contribution is 0.205. The van der Waals surface area contributed by atoms with E-state index >= 15 is 0 Å². The molecule has 17 heavy (non-hydrogen) atoms. The largest absolute Gasteiger partial charge is 0.328 e. The maximum atomic E-state index is 13.1. The van der Waals surface area contributed by atoms with E-state index in [2.05, 4.69) is 4.90 Å². The summed E-state index contributed by atoms with van der Waals surface area (Å²) in [5.74, 6) is -0.267. The highest BCUT2D eigenvalue weighted by molar-refractivity contribution is 6.30. The van der Waals surface area contributed by atoms with Crippen molar-refractivity contribution in [1.82, 2.24) is 4.90 Å². The molecule has 1 heterocycles. The third kappa shape index (κ3) is 4.43. The third-order valence-corrected chi connectivity index (χ3v) is 3.18. The van der Waals surface area contributed by atoms with E-state index in [1.165, 1.54) is 6.07 Å². The normalized spacial score (nSPS) is 17.8. The van der Waals surface area contributed by atoms with Gasteiger partial charge in [0, 0.05) is 17.6 Å². The van der Waals surface area contributed by atoms with Crippen molar-refractivity contribution < 1.29 is 4.39 Å². The summed E-state index contributed by atoms with van der Waals surface area (Å²) in [5, 5.41) is 0.462. The van der Waals surface area contributed by atoms with Crippen molar-refractivity contribution >= 4 is 24.0 Å². The van der Waals surface area contributed by atoms with E-state index in [0.29, 0.717) is 11.1 Å². The van der Waals surface area contributed by atoms with Crippen LogP contribution in [0, 0.1) is 5.82 Å². The summed E-state index contributed by atoms with van der Waals surface area (Å²) >= 11 is 5.81. The SMILES string of the molecule is Cl.NC1CCN(Cc2cc(F)cc(Cl)c2)CC1. The number of likely N-dealkylation sites (tertiary alicyclic amines) is 1. The van der Waals surface area contributed by atoms with Gasteiger partial charge in [-0.3, -0.25) is 4.90 Å². The van der Waals surface area contributed by atoms with E-state index in [0.717, 1.165) is 38.0 Å². The molecule has 0 atom stereocenters. The summed E-state index contributed by atoms with van der Waals surface area (Å²) in [5.41, 5.74) is 6.76. The first kappa shape index (κ1) is 14.7. The Morgan fingerprint density at radius 2 is 1.94 bits per heavy atom. The molecule has 2 N–H and O–H groups in total. The second-order valence-corrected chi connectivity index (χ2v) is 4.83. The molecule has 1 aliphatic rings. The first-order valence-electron chi connectivity index (χ1n) is 5.56. The van der Waals surface area contributed by atoms with Crippen LogP contribution in [0.5, 0.6) is 0 Å². The quantitative estimate of drug-likeness (QED) is 0.902. The zero-order chi connectivity index (χ0) is 11.5. The monoisotopic (exact) mass is 278 g/mol. The van der Waals surface area contributed by atoms with Crippen LogP contribution in [0.25, 0.3) is 0 Å². The summed E-state index contributed by atoms with van der Waals surface area (Å²) in [6, 6.07) is 5.02. The molecule has 1 saturated heterocycles. The summed E-state index contributed by atoms with van der Waals surface area (Å²) in [6.07, 6.45) is 2.03. The average Bonchev–Trinajstić information content (AvgIpc) is 2.20. The number of nitrogens with zero attached hydrogens (tertiary/aromatic N) is 1. The maximum absolute atomic E-state index is 13.1. The Bertz CT molecular complexity index is 345. The first-order chi connectivity index (χ1) is 7.63. The number of hydrogen-bond acceptors (Lipinski definition) is 2. The molecule has 0 saturated carbocycles. The second kappa shape index (κ2) is 6.55. The maximum Gasteiger partial charge on any atom is 0.125 e. The number of benzene rings is 1. The van der Waals surface area contributed by atoms with Crippen molar-refractivity contribution in [1.29, 1.82) is 0 Å². The number of piperidine rings is 1. The van der Waals surface area contributed by atoms with Gasteiger partial charge in [-0.25, -0.2) is 4.39 Å². The van der Waals surface area contributed by atoms with Crippen LogP contribution in [-0.4, -0.2) is 24.0 Å². The predicted octanol–water partition coefficient (Wildman–Crippen LogP) is 2.82. The van der Waals surface area contributed by atoms with Crippen LogP contribution in [-0.2, 0) is 6.54 Å². The Hall–Kier alpha value is -0.350. The Labute approximate surface area is 112 Å². The van der Waals surface area contributed by atoms with Gasteiger partial charge >= 0.3 is 0 Å². The van der Waals surface area contributed by atoms with Gasteiger partial charge in [0.05, 0.1) is 0 Å². The van der Waals surface area contributed by atoms with Gasteiger partial charge in [-0.05, 0) is 49.7 Å². The molecule has 0 aromatic heterocycles.